The van der Waals surface area contributed by atoms with Crippen LogP contribution in [0.1, 0.15) is 52.3 Å². The van der Waals surface area contributed by atoms with E-state index in [9.17, 15) is 4.79 Å². The topological polar surface area (TPSA) is 79.9 Å². The lowest BCUT2D eigenvalue weighted by molar-refractivity contribution is 0.0448. The van der Waals surface area contributed by atoms with Crippen LogP contribution < -0.4 is 5.32 Å². The van der Waals surface area contributed by atoms with E-state index in [1.165, 1.54) is 0 Å². The normalized spacial score (nSPS) is 16.6. The van der Waals surface area contributed by atoms with Crippen LogP contribution in [0.25, 0.3) is 11.4 Å². The number of rotatable bonds is 3. The van der Waals surface area contributed by atoms with Crippen LogP contribution in [-0.2, 0) is 10.3 Å². The third-order valence-corrected chi connectivity index (χ3v) is 4.71. The van der Waals surface area contributed by atoms with Crippen molar-refractivity contribution in [2.75, 3.05) is 0 Å². The van der Waals surface area contributed by atoms with Gasteiger partial charge in [-0.05, 0) is 45.7 Å². The molecule has 1 fully saturated rings. The van der Waals surface area contributed by atoms with Gasteiger partial charge in [0.2, 0.25) is 0 Å². The third-order valence-electron chi connectivity index (χ3n) is 4.22. The highest BCUT2D eigenvalue weighted by atomic mass is 79.9. The van der Waals surface area contributed by atoms with Crippen LogP contribution in [0, 0.1) is 0 Å². The van der Waals surface area contributed by atoms with Gasteiger partial charge in [0.05, 0.1) is 0 Å². The molecule has 0 saturated heterocycles. The molecule has 1 aliphatic rings. The molecule has 1 amide bonds. The maximum atomic E-state index is 12.3. The molecular weight excluding hydrogens is 384 g/mol. The minimum atomic E-state index is -0.542. The molecule has 1 aromatic carbocycles. The second kappa shape index (κ2) is 6.78. The van der Waals surface area contributed by atoms with Crippen molar-refractivity contribution in [1.29, 1.82) is 0 Å². The van der Waals surface area contributed by atoms with Gasteiger partial charge in [0.1, 0.15) is 11.1 Å². The zero-order chi connectivity index (χ0) is 18.1. The number of carbonyl (C=O) groups excluding carboxylic acids is 1. The largest absolute Gasteiger partial charge is 0.444 e. The van der Waals surface area contributed by atoms with E-state index in [0.29, 0.717) is 11.6 Å². The van der Waals surface area contributed by atoms with Crippen LogP contribution >= 0.6 is 15.9 Å². The van der Waals surface area contributed by atoms with Gasteiger partial charge in [-0.3, -0.25) is 5.10 Å². The monoisotopic (exact) mass is 406 g/mol. The van der Waals surface area contributed by atoms with Crippen LogP contribution in [0.3, 0.4) is 0 Å². The minimum absolute atomic E-state index is 0.421. The van der Waals surface area contributed by atoms with E-state index in [1.807, 2.05) is 45.0 Å². The SMILES string of the molecule is CC(C)(C)OC(=O)NC1(c2nc(-c3cccc(Br)c3)n[nH]2)CCCC1. The Balaban J connectivity index is 1.85. The molecule has 25 heavy (non-hydrogen) atoms. The predicted molar refractivity (Wildman–Crippen MR) is 99.0 cm³/mol. The Hall–Kier alpha value is -1.89. The molecule has 134 valence electrons. The van der Waals surface area contributed by atoms with Crippen LogP contribution in [0.5, 0.6) is 0 Å². The summed E-state index contributed by atoms with van der Waals surface area (Å²) in [5.74, 6) is 1.30. The van der Waals surface area contributed by atoms with Crippen molar-refractivity contribution < 1.29 is 9.53 Å². The number of H-pyrrole nitrogens is 1. The lowest BCUT2D eigenvalue weighted by atomic mass is 9.97. The first-order valence-corrected chi connectivity index (χ1v) is 9.27. The number of benzene rings is 1. The Morgan fingerprint density at radius 3 is 2.68 bits per heavy atom. The van der Waals surface area contributed by atoms with Gasteiger partial charge in [-0.1, -0.05) is 40.9 Å². The Morgan fingerprint density at radius 1 is 1.32 bits per heavy atom. The van der Waals surface area contributed by atoms with E-state index < -0.39 is 17.2 Å². The average Bonchev–Trinajstić information content (AvgIpc) is 3.14. The zero-order valence-corrected chi connectivity index (χ0v) is 16.3. The van der Waals surface area contributed by atoms with Gasteiger partial charge in [0.15, 0.2) is 11.6 Å². The maximum Gasteiger partial charge on any atom is 0.408 e. The molecule has 0 unspecified atom stereocenters. The number of halogens is 1. The molecule has 0 radical (unpaired) electrons. The lowest BCUT2D eigenvalue weighted by Gasteiger charge is -2.29. The summed E-state index contributed by atoms with van der Waals surface area (Å²) >= 11 is 3.46. The van der Waals surface area contributed by atoms with E-state index in [1.54, 1.807) is 0 Å². The molecule has 1 saturated carbocycles. The number of hydrogen-bond acceptors (Lipinski definition) is 4. The summed E-state index contributed by atoms with van der Waals surface area (Å²) in [5, 5.41) is 10.4. The van der Waals surface area contributed by atoms with Crippen molar-refractivity contribution in [1.82, 2.24) is 20.5 Å². The van der Waals surface area contributed by atoms with Crippen LogP contribution in [-0.4, -0.2) is 26.9 Å². The summed E-state index contributed by atoms with van der Waals surface area (Å²) in [5.41, 5.74) is -0.158. The molecule has 1 aliphatic carbocycles. The Labute approximate surface area is 155 Å². The van der Waals surface area contributed by atoms with E-state index in [2.05, 4.69) is 36.4 Å². The first-order valence-electron chi connectivity index (χ1n) is 8.47. The van der Waals surface area contributed by atoms with Gasteiger partial charge in [0, 0.05) is 10.0 Å². The molecule has 0 aliphatic heterocycles. The number of ether oxygens (including phenoxy) is 1. The van der Waals surface area contributed by atoms with Crippen LogP contribution in [0.2, 0.25) is 0 Å². The highest BCUT2D eigenvalue weighted by Gasteiger charge is 2.41. The first kappa shape index (κ1) is 17.9. The van der Waals surface area contributed by atoms with E-state index in [0.717, 1.165) is 35.7 Å². The van der Waals surface area contributed by atoms with Crippen molar-refractivity contribution in [3.05, 3.63) is 34.6 Å². The number of nitrogens with one attached hydrogen (secondary N) is 2. The number of alkyl carbamates (subject to hydrolysis) is 1. The molecule has 1 heterocycles. The average molecular weight is 407 g/mol. The van der Waals surface area contributed by atoms with Gasteiger partial charge in [0.25, 0.3) is 0 Å². The Morgan fingerprint density at radius 2 is 2.04 bits per heavy atom. The summed E-state index contributed by atoms with van der Waals surface area (Å²) < 4.78 is 6.41. The summed E-state index contributed by atoms with van der Waals surface area (Å²) in [7, 11) is 0. The second-order valence-corrected chi connectivity index (χ2v) is 8.35. The molecule has 1 aromatic heterocycles. The number of aromatic nitrogens is 3. The van der Waals surface area contributed by atoms with Crippen molar-refractivity contribution in [3.63, 3.8) is 0 Å². The smallest absolute Gasteiger partial charge is 0.408 e. The summed E-state index contributed by atoms with van der Waals surface area (Å²) in [6.07, 6.45) is 3.28. The number of amides is 1. The van der Waals surface area contributed by atoms with E-state index >= 15 is 0 Å². The van der Waals surface area contributed by atoms with Crippen molar-refractivity contribution in [3.8, 4) is 11.4 Å². The number of hydrogen-bond donors (Lipinski definition) is 2. The van der Waals surface area contributed by atoms with Crippen LogP contribution in [0.4, 0.5) is 4.79 Å². The van der Waals surface area contributed by atoms with Crippen molar-refractivity contribution >= 4 is 22.0 Å². The molecule has 6 nitrogen and oxygen atoms in total. The number of aromatic amines is 1. The van der Waals surface area contributed by atoms with Gasteiger partial charge in [-0.2, -0.15) is 5.10 Å². The summed E-state index contributed by atoms with van der Waals surface area (Å²) in [6, 6.07) is 7.83. The second-order valence-electron chi connectivity index (χ2n) is 7.43. The van der Waals surface area contributed by atoms with Gasteiger partial charge in [-0.15, -0.1) is 0 Å². The third kappa shape index (κ3) is 4.21. The zero-order valence-electron chi connectivity index (χ0n) is 14.7. The molecule has 2 aromatic rings. The molecule has 3 rings (SSSR count). The Bertz CT molecular complexity index is 760. The predicted octanol–water partition coefficient (Wildman–Crippen LogP) is 4.53. The van der Waals surface area contributed by atoms with Gasteiger partial charge < -0.3 is 10.1 Å². The molecule has 7 heteroatoms. The summed E-state index contributed by atoms with van der Waals surface area (Å²) in [6.45, 7) is 5.56. The number of nitrogens with zero attached hydrogens (tertiary/aromatic N) is 2. The Kier molecular flexibility index (Phi) is 4.86. The first-order chi connectivity index (χ1) is 11.8. The van der Waals surface area contributed by atoms with Crippen LogP contribution in [0.15, 0.2) is 28.7 Å². The van der Waals surface area contributed by atoms with Gasteiger partial charge >= 0.3 is 6.09 Å². The molecule has 2 N–H and O–H groups in total. The molecule has 0 bridgehead atoms. The standard InChI is InChI=1S/C18H23BrN4O2/c1-17(2,3)25-16(24)21-18(9-4-5-10-18)15-20-14(22-23-15)12-7-6-8-13(19)11-12/h6-8,11H,4-5,9-10H2,1-3H3,(H,21,24)(H,20,22,23). The fraction of sp³-hybridized carbons (Fsp3) is 0.500. The van der Waals surface area contributed by atoms with Crippen molar-refractivity contribution in [2.24, 2.45) is 0 Å². The fourth-order valence-corrected chi connectivity index (χ4v) is 3.53. The molecule has 0 spiro atoms. The van der Waals surface area contributed by atoms with Gasteiger partial charge in [-0.25, -0.2) is 9.78 Å². The van der Waals surface area contributed by atoms with E-state index in [4.69, 9.17) is 4.74 Å². The highest BCUT2D eigenvalue weighted by molar-refractivity contribution is 9.10. The quantitative estimate of drug-likeness (QED) is 0.784. The lowest BCUT2D eigenvalue weighted by Crippen LogP contribution is -2.46. The maximum absolute atomic E-state index is 12.3. The minimum Gasteiger partial charge on any atom is -0.444 e. The molecule has 0 atom stereocenters. The number of carbonyl (C=O) groups is 1. The van der Waals surface area contributed by atoms with Crippen molar-refractivity contribution in [2.45, 2.75) is 57.6 Å². The summed E-state index contributed by atoms with van der Waals surface area (Å²) in [4.78, 5) is 17.0. The fourth-order valence-electron chi connectivity index (χ4n) is 3.13. The molecular formula is C18H23BrN4O2. The highest BCUT2D eigenvalue weighted by Crippen LogP contribution is 2.38. The van der Waals surface area contributed by atoms with E-state index in [-0.39, 0.29) is 0 Å².